The predicted molar refractivity (Wildman–Crippen MR) is 87.0 cm³/mol. The number of amides is 2. The maximum absolute atomic E-state index is 12.7. The van der Waals surface area contributed by atoms with Gasteiger partial charge in [0.25, 0.3) is 5.91 Å². The van der Waals surface area contributed by atoms with Crippen molar-refractivity contribution < 1.29 is 9.59 Å². The summed E-state index contributed by atoms with van der Waals surface area (Å²) in [6.45, 7) is 1.37. The quantitative estimate of drug-likeness (QED) is 0.877. The molecule has 0 saturated carbocycles. The van der Waals surface area contributed by atoms with Crippen molar-refractivity contribution in [1.82, 2.24) is 15.2 Å². The van der Waals surface area contributed by atoms with Crippen LogP contribution in [0.15, 0.2) is 36.5 Å². The van der Waals surface area contributed by atoms with E-state index in [1.54, 1.807) is 6.20 Å². The van der Waals surface area contributed by atoms with Crippen LogP contribution in [0, 0.1) is 0 Å². The zero-order chi connectivity index (χ0) is 15.9. The number of piperidine rings is 1. The topological polar surface area (TPSA) is 62.3 Å². The molecule has 23 heavy (non-hydrogen) atoms. The fraction of sp³-hybridized carbons (Fsp3) is 0.389. The lowest BCUT2D eigenvalue weighted by Gasteiger charge is -2.39. The van der Waals surface area contributed by atoms with Crippen LogP contribution < -0.4 is 5.32 Å². The standard InChI is InChI=1S/C18H19N3O2/c22-16-5-6-18(20-16)7-9-21(10-8-18)17(23)14-11-13-3-1-2-4-15(13)19-12-14/h1-4,11-12H,5-10H2,(H,20,22). The molecule has 5 heteroatoms. The highest BCUT2D eigenvalue weighted by Crippen LogP contribution is 2.31. The van der Waals surface area contributed by atoms with Gasteiger partial charge in [-0.15, -0.1) is 0 Å². The average molecular weight is 309 g/mol. The first kappa shape index (κ1) is 14.2. The van der Waals surface area contributed by atoms with E-state index in [-0.39, 0.29) is 17.4 Å². The number of rotatable bonds is 1. The van der Waals surface area contributed by atoms with Gasteiger partial charge in [-0.05, 0) is 31.4 Å². The van der Waals surface area contributed by atoms with Crippen molar-refractivity contribution in [2.45, 2.75) is 31.2 Å². The van der Waals surface area contributed by atoms with Crippen LogP contribution in [0.4, 0.5) is 0 Å². The molecular weight excluding hydrogens is 290 g/mol. The summed E-state index contributed by atoms with van der Waals surface area (Å²) in [5, 5.41) is 4.08. The normalized spacial score (nSPS) is 20.0. The molecule has 5 nitrogen and oxygen atoms in total. The number of nitrogens with zero attached hydrogens (tertiary/aromatic N) is 2. The van der Waals surface area contributed by atoms with E-state index >= 15 is 0 Å². The molecule has 4 rings (SSSR count). The van der Waals surface area contributed by atoms with Crippen LogP contribution in [-0.4, -0.2) is 40.3 Å². The van der Waals surface area contributed by atoms with Gasteiger partial charge in [-0.3, -0.25) is 14.6 Å². The van der Waals surface area contributed by atoms with Crippen LogP contribution >= 0.6 is 0 Å². The Morgan fingerprint density at radius 2 is 1.96 bits per heavy atom. The Balaban J connectivity index is 1.50. The predicted octanol–water partition coefficient (Wildman–Crippen LogP) is 2.12. The van der Waals surface area contributed by atoms with Crippen LogP contribution in [0.2, 0.25) is 0 Å². The number of carbonyl (C=O) groups excluding carboxylic acids is 2. The van der Waals surface area contributed by atoms with Crippen molar-refractivity contribution in [1.29, 1.82) is 0 Å². The van der Waals surface area contributed by atoms with E-state index in [0.29, 0.717) is 25.1 Å². The molecule has 0 radical (unpaired) electrons. The summed E-state index contributed by atoms with van der Waals surface area (Å²) in [4.78, 5) is 30.4. The van der Waals surface area contributed by atoms with E-state index in [1.165, 1.54) is 0 Å². The van der Waals surface area contributed by atoms with E-state index in [0.717, 1.165) is 30.2 Å². The second kappa shape index (κ2) is 5.33. The molecule has 1 N–H and O–H groups in total. The SMILES string of the molecule is O=C1CCC2(CCN(C(=O)c3cnc4ccccc4c3)CC2)N1. The maximum Gasteiger partial charge on any atom is 0.255 e. The van der Waals surface area contributed by atoms with Gasteiger partial charge < -0.3 is 10.2 Å². The molecule has 1 aromatic carbocycles. The van der Waals surface area contributed by atoms with Gasteiger partial charge in [0, 0.05) is 36.6 Å². The molecule has 0 bridgehead atoms. The molecule has 2 aliphatic rings. The number of hydrogen-bond acceptors (Lipinski definition) is 3. The highest BCUT2D eigenvalue weighted by atomic mass is 16.2. The second-order valence-electron chi connectivity index (χ2n) is 6.54. The van der Waals surface area contributed by atoms with Crippen molar-refractivity contribution in [2.24, 2.45) is 0 Å². The van der Waals surface area contributed by atoms with Crippen molar-refractivity contribution in [3.05, 3.63) is 42.1 Å². The number of aromatic nitrogens is 1. The van der Waals surface area contributed by atoms with Crippen molar-refractivity contribution in [2.75, 3.05) is 13.1 Å². The van der Waals surface area contributed by atoms with E-state index in [2.05, 4.69) is 10.3 Å². The van der Waals surface area contributed by atoms with Crippen LogP contribution in [0.25, 0.3) is 10.9 Å². The lowest BCUT2D eigenvalue weighted by Crippen LogP contribution is -2.52. The molecule has 0 aliphatic carbocycles. The molecule has 1 spiro atoms. The molecule has 2 aliphatic heterocycles. The minimum Gasteiger partial charge on any atom is -0.351 e. The number of pyridine rings is 1. The third-order valence-electron chi connectivity index (χ3n) is 5.08. The molecule has 1 aromatic heterocycles. The average Bonchev–Trinajstić information content (AvgIpc) is 2.95. The minimum absolute atomic E-state index is 0.0300. The largest absolute Gasteiger partial charge is 0.351 e. The molecule has 118 valence electrons. The Labute approximate surface area is 134 Å². The summed E-state index contributed by atoms with van der Waals surface area (Å²) in [6.07, 6.45) is 4.84. The summed E-state index contributed by atoms with van der Waals surface area (Å²) < 4.78 is 0. The first-order valence-electron chi connectivity index (χ1n) is 8.10. The van der Waals surface area contributed by atoms with Gasteiger partial charge in [-0.1, -0.05) is 18.2 Å². The number of hydrogen-bond donors (Lipinski definition) is 1. The van der Waals surface area contributed by atoms with Gasteiger partial charge in [0.2, 0.25) is 5.91 Å². The lowest BCUT2D eigenvalue weighted by molar-refractivity contribution is -0.120. The van der Waals surface area contributed by atoms with E-state index in [9.17, 15) is 9.59 Å². The lowest BCUT2D eigenvalue weighted by atomic mass is 9.86. The summed E-state index contributed by atoms with van der Waals surface area (Å²) in [7, 11) is 0. The van der Waals surface area contributed by atoms with Gasteiger partial charge in [-0.25, -0.2) is 0 Å². The monoisotopic (exact) mass is 309 g/mol. The molecule has 0 unspecified atom stereocenters. The first-order valence-corrected chi connectivity index (χ1v) is 8.10. The smallest absolute Gasteiger partial charge is 0.255 e. The second-order valence-corrected chi connectivity index (χ2v) is 6.54. The van der Waals surface area contributed by atoms with Crippen molar-refractivity contribution >= 4 is 22.7 Å². The number of carbonyl (C=O) groups is 2. The van der Waals surface area contributed by atoms with Crippen LogP contribution in [-0.2, 0) is 4.79 Å². The minimum atomic E-state index is -0.0739. The van der Waals surface area contributed by atoms with Gasteiger partial charge in [-0.2, -0.15) is 0 Å². The van der Waals surface area contributed by atoms with Gasteiger partial charge in [0.15, 0.2) is 0 Å². The Kier molecular flexibility index (Phi) is 3.29. The van der Waals surface area contributed by atoms with E-state index in [4.69, 9.17) is 0 Å². The van der Waals surface area contributed by atoms with Gasteiger partial charge >= 0.3 is 0 Å². The first-order chi connectivity index (χ1) is 11.2. The fourth-order valence-electron chi connectivity index (χ4n) is 3.66. The molecular formula is C18H19N3O2. The summed E-state index contributed by atoms with van der Waals surface area (Å²) in [6, 6.07) is 9.71. The van der Waals surface area contributed by atoms with Gasteiger partial charge in [0.05, 0.1) is 11.1 Å². The van der Waals surface area contributed by atoms with Crippen LogP contribution in [0.3, 0.4) is 0 Å². The van der Waals surface area contributed by atoms with Crippen LogP contribution in [0.1, 0.15) is 36.0 Å². The van der Waals surface area contributed by atoms with E-state index < -0.39 is 0 Å². The third kappa shape index (κ3) is 2.56. The number of benzene rings is 1. The van der Waals surface area contributed by atoms with Crippen molar-refractivity contribution in [3.8, 4) is 0 Å². The molecule has 2 amide bonds. The molecule has 3 heterocycles. The van der Waals surface area contributed by atoms with Gasteiger partial charge in [0.1, 0.15) is 0 Å². The number of likely N-dealkylation sites (tertiary alicyclic amines) is 1. The Morgan fingerprint density at radius 1 is 1.17 bits per heavy atom. The zero-order valence-electron chi connectivity index (χ0n) is 12.9. The third-order valence-corrected chi connectivity index (χ3v) is 5.08. The van der Waals surface area contributed by atoms with E-state index in [1.807, 2.05) is 35.2 Å². The fourth-order valence-corrected chi connectivity index (χ4v) is 3.66. The summed E-state index contributed by atoms with van der Waals surface area (Å²) in [5.74, 6) is 0.172. The summed E-state index contributed by atoms with van der Waals surface area (Å²) in [5.41, 5.74) is 1.46. The maximum atomic E-state index is 12.7. The molecule has 0 atom stereocenters. The summed E-state index contributed by atoms with van der Waals surface area (Å²) >= 11 is 0. The molecule has 2 fully saturated rings. The Morgan fingerprint density at radius 3 is 2.70 bits per heavy atom. The zero-order valence-corrected chi connectivity index (χ0v) is 12.9. The molecule has 2 saturated heterocycles. The highest BCUT2D eigenvalue weighted by Gasteiger charge is 2.41. The van der Waals surface area contributed by atoms with Crippen molar-refractivity contribution in [3.63, 3.8) is 0 Å². The molecule has 2 aromatic rings. The highest BCUT2D eigenvalue weighted by molar-refractivity contribution is 5.97. The number of para-hydroxylation sites is 1. The number of fused-ring (bicyclic) bond motifs is 1. The van der Waals surface area contributed by atoms with Crippen LogP contribution in [0.5, 0.6) is 0 Å². The number of nitrogens with one attached hydrogen (secondary N) is 1. The Bertz CT molecular complexity index is 779. The Hall–Kier alpha value is -2.43.